The second kappa shape index (κ2) is 4.28. The maximum absolute atomic E-state index is 11.6. The predicted octanol–water partition coefficient (Wildman–Crippen LogP) is 1.50. The Hall–Kier alpha value is -0.950. The number of carboxylic acids is 1. The van der Waals surface area contributed by atoms with Gasteiger partial charge in [-0.25, -0.2) is 9.78 Å². The van der Waals surface area contributed by atoms with Crippen LogP contribution in [0.25, 0.3) is 0 Å². The van der Waals surface area contributed by atoms with Crippen LogP contribution in [0.15, 0.2) is 9.30 Å². The molecule has 82 valence electrons. The monoisotopic (exact) mass is 292 g/mol. The molecule has 0 aliphatic heterocycles. The maximum atomic E-state index is 11.6. The van der Waals surface area contributed by atoms with Gasteiger partial charge in [-0.15, -0.1) is 11.3 Å². The lowest BCUT2D eigenvalue weighted by atomic mass is 10.1. The number of aromatic nitrogens is 1. The van der Waals surface area contributed by atoms with Crippen molar-refractivity contribution in [2.75, 3.05) is 0 Å². The quantitative estimate of drug-likeness (QED) is 0.885. The first-order valence-corrected chi connectivity index (χ1v) is 5.67. The van der Waals surface area contributed by atoms with Crippen LogP contribution in [0.1, 0.15) is 24.3 Å². The molecule has 1 aromatic heterocycles. The summed E-state index contributed by atoms with van der Waals surface area (Å²) in [5, 5.41) is 11.2. The van der Waals surface area contributed by atoms with Gasteiger partial charge in [-0.3, -0.25) is 4.79 Å². The molecule has 0 radical (unpaired) electrons. The molecule has 2 N–H and O–H groups in total. The lowest BCUT2D eigenvalue weighted by Gasteiger charge is -2.20. The molecule has 15 heavy (non-hydrogen) atoms. The Morgan fingerprint density at radius 1 is 1.60 bits per heavy atom. The zero-order valence-corrected chi connectivity index (χ0v) is 10.5. The molecule has 0 unspecified atom stereocenters. The number of halogens is 1. The molecular weight excluding hydrogens is 284 g/mol. The molecule has 1 aromatic rings. The number of aliphatic carboxylic acids is 1. The van der Waals surface area contributed by atoms with E-state index in [1.807, 2.05) is 0 Å². The van der Waals surface area contributed by atoms with E-state index in [0.717, 1.165) is 0 Å². The molecule has 7 heteroatoms. The third kappa shape index (κ3) is 2.75. The van der Waals surface area contributed by atoms with Gasteiger partial charge in [-0.1, -0.05) is 0 Å². The summed E-state index contributed by atoms with van der Waals surface area (Å²) >= 11 is 4.42. The second-order valence-electron chi connectivity index (χ2n) is 3.36. The number of hydrogen-bond donors (Lipinski definition) is 2. The fourth-order valence-corrected chi connectivity index (χ4v) is 1.82. The number of carbonyl (C=O) groups is 2. The van der Waals surface area contributed by atoms with Crippen molar-refractivity contribution in [1.82, 2.24) is 10.3 Å². The second-order valence-corrected chi connectivity index (χ2v) is 5.53. The van der Waals surface area contributed by atoms with Gasteiger partial charge < -0.3 is 10.4 Å². The summed E-state index contributed by atoms with van der Waals surface area (Å²) in [6.07, 6.45) is 0. The van der Waals surface area contributed by atoms with Crippen molar-refractivity contribution in [2.24, 2.45) is 0 Å². The van der Waals surface area contributed by atoms with Crippen molar-refractivity contribution in [1.29, 1.82) is 0 Å². The third-order valence-corrected chi connectivity index (χ3v) is 3.25. The molecule has 5 nitrogen and oxygen atoms in total. The number of rotatable bonds is 3. The topological polar surface area (TPSA) is 79.3 Å². The molecule has 1 amide bonds. The summed E-state index contributed by atoms with van der Waals surface area (Å²) in [6, 6.07) is 0. The molecule has 0 aliphatic carbocycles. The lowest BCUT2D eigenvalue weighted by molar-refractivity contribution is -0.143. The molecule has 1 heterocycles. The third-order valence-electron chi connectivity index (χ3n) is 1.70. The van der Waals surface area contributed by atoms with E-state index < -0.39 is 17.4 Å². The number of amides is 1. The lowest BCUT2D eigenvalue weighted by Crippen LogP contribution is -2.49. The average Bonchev–Trinajstić information content (AvgIpc) is 2.50. The maximum Gasteiger partial charge on any atom is 0.328 e. The van der Waals surface area contributed by atoms with Crippen molar-refractivity contribution in [2.45, 2.75) is 19.4 Å². The van der Waals surface area contributed by atoms with E-state index in [4.69, 9.17) is 5.11 Å². The molecule has 0 saturated carbocycles. The first-order chi connectivity index (χ1) is 6.84. The predicted molar refractivity (Wildman–Crippen MR) is 59.0 cm³/mol. The van der Waals surface area contributed by atoms with E-state index in [2.05, 4.69) is 26.2 Å². The fraction of sp³-hybridized carbons (Fsp3) is 0.375. The van der Waals surface area contributed by atoms with Gasteiger partial charge in [-0.05, 0) is 29.8 Å². The van der Waals surface area contributed by atoms with E-state index in [1.54, 1.807) is 0 Å². The molecule has 0 aromatic carbocycles. The van der Waals surface area contributed by atoms with E-state index in [-0.39, 0.29) is 5.69 Å². The van der Waals surface area contributed by atoms with Crippen molar-refractivity contribution in [3.8, 4) is 0 Å². The van der Waals surface area contributed by atoms with Crippen molar-refractivity contribution in [3.63, 3.8) is 0 Å². The van der Waals surface area contributed by atoms with Gasteiger partial charge in [0.25, 0.3) is 5.91 Å². The first-order valence-electron chi connectivity index (χ1n) is 3.99. The molecule has 0 fully saturated rings. The van der Waals surface area contributed by atoms with Crippen LogP contribution >= 0.6 is 27.3 Å². The Labute approximate surface area is 98.7 Å². The highest BCUT2D eigenvalue weighted by Crippen LogP contribution is 2.20. The van der Waals surface area contributed by atoms with Crippen molar-refractivity contribution >= 4 is 39.1 Å². The number of carboxylic acid groups (broad SMARTS) is 1. The van der Waals surface area contributed by atoms with Crippen molar-refractivity contribution in [3.05, 3.63) is 15.0 Å². The van der Waals surface area contributed by atoms with Gasteiger partial charge in [0.1, 0.15) is 9.33 Å². The fourth-order valence-electron chi connectivity index (χ4n) is 0.776. The number of nitrogens with one attached hydrogen (secondary N) is 1. The molecule has 0 saturated heterocycles. The van der Waals surface area contributed by atoms with Gasteiger partial charge in [-0.2, -0.15) is 0 Å². The van der Waals surface area contributed by atoms with Crippen LogP contribution in [0.3, 0.4) is 0 Å². The minimum Gasteiger partial charge on any atom is -0.480 e. The molecule has 0 aliphatic rings. The highest BCUT2D eigenvalue weighted by molar-refractivity contribution is 9.11. The van der Waals surface area contributed by atoms with Crippen LogP contribution < -0.4 is 5.32 Å². The zero-order chi connectivity index (χ0) is 11.6. The van der Waals surface area contributed by atoms with Gasteiger partial charge in [0.2, 0.25) is 0 Å². The van der Waals surface area contributed by atoms with Gasteiger partial charge in [0.05, 0.1) is 5.51 Å². The van der Waals surface area contributed by atoms with Gasteiger partial charge in [0.15, 0.2) is 5.69 Å². The molecular formula is C8H9BrN2O3S. The van der Waals surface area contributed by atoms with Crippen LogP contribution in [0.5, 0.6) is 0 Å². The first kappa shape index (κ1) is 12.1. The van der Waals surface area contributed by atoms with Crippen LogP contribution in [-0.2, 0) is 4.79 Å². The highest BCUT2D eigenvalue weighted by Gasteiger charge is 2.30. The number of carbonyl (C=O) groups excluding carboxylic acids is 1. The molecule has 1 rings (SSSR count). The Morgan fingerprint density at radius 3 is 2.60 bits per heavy atom. The normalized spacial score (nSPS) is 11.1. The van der Waals surface area contributed by atoms with E-state index in [0.29, 0.717) is 3.79 Å². The van der Waals surface area contributed by atoms with E-state index in [1.165, 1.54) is 30.7 Å². The smallest absolute Gasteiger partial charge is 0.328 e. The largest absolute Gasteiger partial charge is 0.480 e. The number of nitrogens with zero attached hydrogens (tertiary/aromatic N) is 1. The van der Waals surface area contributed by atoms with Crippen LogP contribution in [0.2, 0.25) is 0 Å². The Morgan fingerprint density at radius 2 is 2.20 bits per heavy atom. The van der Waals surface area contributed by atoms with Crippen LogP contribution in [-0.4, -0.2) is 27.5 Å². The number of hydrogen-bond acceptors (Lipinski definition) is 4. The summed E-state index contributed by atoms with van der Waals surface area (Å²) in [5.74, 6) is -1.60. The standard InChI is InChI=1S/C8H9BrN2O3S/c1-8(2,7(13)14)11-6(12)4-5(9)15-3-10-4/h3H,1-2H3,(H,11,12)(H,13,14). The van der Waals surface area contributed by atoms with Gasteiger partial charge in [0, 0.05) is 0 Å². The van der Waals surface area contributed by atoms with E-state index in [9.17, 15) is 9.59 Å². The molecule has 0 bridgehead atoms. The van der Waals surface area contributed by atoms with Gasteiger partial charge >= 0.3 is 5.97 Å². The van der Waals surface area contributed by atoms with Crippen LogP contribution in [0.4, 0.5) is 0 Å². The Kier molecular flexibility index (Phi) is 3.46. The minimum atomic E-state index is -1.31. The minimum absolute atomic E-state index is 0.203. The highest BCUT2D eigenvalue weighted by atomic mass is 79.9. The summed E-state index contributed by atoms with van der Waals surface area (Å²) in [4.78, 5) is 26.2. The summed E-state index contributed by atoms with van der Waals surface area (Å²) in [7, 11) is 0. The average molecular weight is 293 g/mol. The summed E-state index contributed by atoms with van der Waals surface area (Å²) in [6.45, 7) is 2.82. The summed E-state index contributed by atoms with van der Waals surface area (Å²) in [5.41, 5.74) is 0.404. The number of thiazole rings is 1. The molecule has 0 spiro atoms. The zero-order valence-electron chi connectivity index (χ0n) is 8.07. The Bertz CT molecular complexity index is 402. The summed E-state index contributed by atoms with van der Waals surface area (Å²) < 4.78 is 0.584. The Balaban J connectivity index is 2.81. The van der Waals surface area contributed by atoms with Crippen molar-refractivity contribution < 1.29 is 14.7 Å². The molecule has 0 atom stereocenters. The van der Waals surface area contributed by atoms with Crippen LogP contribution in [0, 0.1) is 0 Å². The SMILES string of the molecule is CC(C)(NC(=O)c1ncsc1Br)C(=O)O. The van der Waals surface area contributed by atoms with E-state index >= 15 is 0 Å².